The van der Waals surface area contributed by atoms with E-state index < -0.39 is 9.84 Å². The van der Waals surface area contributed by atoms with Crippen LogP contribution in [0.15, 0.2) is 0 Å². The highest BCUT2D eigenvalue weighted by Gasteiger charge is 2.27. The summed E-state index contributed by atoms with van der Waals surface area (Å²) < 4.78 is 22.4. The molecule has 0 bridgehead atoms. The second kappa shape index (κ2) is 6.96. The Morgan fingerprint density at radius 1 is 1.35 bits per heavy atom. The lowest BCUT2D eigenvalue weighted by molar-refractivity contribution is -0.121. The number of rotatable bonds is 7. The van der Waals surface area contributed by atoms with Gasteiger partial charge in [-0.15, -0.1) is 0 Å². The number of carbonyl (C=O) groups is 1. The number of hydrogen-bond donors (Lipinski definition) is 2. The van der Waals surface area contributed by atoms with E-state index in [1.807, 2.05) is 0 Å². The Hall–Kier alpha value is -0.620. The quantitative estimate of drug-likeness (QED) is 0.637. The molecular weight excluding hydrogens is 240 g/mol. The standard InChI is InChI=1S/C11H22N2O3S/c1-2-3-6-13-11(14)4-7-12-10-5-8-17(15,16)9-10/h10,12H,2-9H2,1H3,(H,13,14). The molecular formula is C11H22N2O3S. The topological polar surface area (TPSA) is 75.3 Å². The summed E-state index contributed by atoms with van der Waals surface area (Å²) in [7, 11) is -2.83. The summed E-state index contributed by atoms with van der Waals surface area (Å²) in [6, 6.07) is 0.0310. The average molecular weight is 262 g/mol. The van der Waals surface area contributed by atoms with E-state index in [0.29, 0.717) is 19.4 Å². The summed E-state index contributed by atoms with van der Waals surface area (Å²) in [5.74, 6) is 0.518. The van der Waals surface area contributed by atoms with E-state index in [0.717, 1.165) is 19.4 Å². The molecule has 1 atom stereocenters. The van der Waals surface area contributed by atoms with Crippen LogP contribution in [0, 0.1) is 0 Å². The van der Waals surface area contributed by atoms with Crippen molar-refractivity contribution < 1.29 is 13.2 Å². The average Bonchev–Trinajstić information content (AvgIpc) is 2.59. The van der Waals surface area contributed by atoms with Gasteiger partial charge in [0.05, 0.1) is 11.5 Å². The third-order valence-electron chi connectivity index (χ3n) is 2.87. The number of carbonyl (C=O) groups excluding carboxylic acids is 1. The molecule has 1 saturated heterocycles. The van der Waals surface area contributed by atoms with Crippen LogP contribution in [0.4, 0.5) is 0 Å². The van der Waals surface area contributed by atoms with E-state index in [-0.39, 0.29) is 23.5 Å². The first-order chi connectivity index (χ1) is 8.03. The first kappa shape index (κ1) is 14.4. The van der Waals surface area contributed by atoms with Gasteiger partial charge in [0.25, 0.3) is 0 Å². The Kier molecular flexibility index (Phi) is 5.91. The van der Waals surface area contributed by atoms with Crippen molar-refractivity contribution in [1.29, 1.82) is 0 Å². The van der Waals surface area contributed by atoms with Crippen molar-refractivity contribution in [3.05, 3.63) is 0 Å². The molecule has 1 rings (SSSR count). The van der Waals surface area contributed by atoms with Crippen LogP contribution < -0.4 is 10.6 Å². The number of sulfone groups is 1. The number of amides is 1. The van der Waals surface area contributed by atoms with Gasteiger partial charge < -0.3 is 10.6 Å². The summed E-state index contributed by atoms with van der Waals surface area (Å²) in [6.07, 6.45) is 3.15. The van der Waals surface area contributed by atoms with E-state index in [1.54, 1.807) is 0 Å². The maximum absolute atomic E-state index is 11.3. The molecule has 0 aliphatic carbocycles. The van der Waals surface area contributed by atoms with Crippen molar-refractivity contribution in [3.63, 3.8) is 0 Å². The molecule has 0 spiro atoms. The molecule has 1 aliphatic rings. The molecule has 17 heavy (non-hydrogen) atoms. The van der Waals surface area contributed by atoms with Crippen molar-refractivity contribution in [1.82, 2.24) is 10.6 Å². The fourth-order valence-corrected chi connectivity index (χ4v) is 3.55. The van der Waals surface area contributed by atoms with Gasteiger partial charge in [0.15, 0.2) is 9.84 Å². The largest absolute Gasteiger partial charge is 0.356 e. The number of nitrogens with one attached hydrogen (secondary N) is 2. The smallest absolute Gasteiger partial charge is 0.221 e. The molecule has 5 nitrogen and oxygen atoms in total. The molecule has 100 valence electrons. The molecule has 0 aromatic carbocycles. The van der Waals surface area contributed by atoms with Crippen LogP contribution in [0.2, 0.25) is 0 Å². The molecule has 1 amide bonds. The van der Waals surface area contributed by atoms with E-state index in [2.05, 4.69) is 17.6 Å². The second-order valence-electron chi connectivity index (χ2n) is 4.51. The van der Waals surface area contributed by atoms with Crippen LogP contribution in [0.3, 0.4) is 0 Å². The predicted octanol–water partition coefficient (Wildman–Crippen LogP) is 0.0695. The SMILES string of the molecule is CCCCNC(=O)CCNC1CCS(=O)(=O)C1. The van der Waals surface area contributed by atoms with Crippen molar-refractivity contribution >= 4 is 15.7 Å². The normalized spacial score (nSPS) is 22.5. The van der Waals surface area contributed by atoms with Gasteiger partial charge in [0.1, 0.15) is 0 Å². The van der Waals surface area contributed by atoms with Gasteiger partial charge in [0.2, 0.25) is 5.91 Å². The minimum absolute atomic E-state index is 0.0310. The van der Waals surface area contributed by atoms with Gasteiger partial charge in [-0.1, -0.05) is 13.3 Å². The highest BCUT2D eigenvalue weighted by molar-refractivity contribution is 7.91. The van der Waals surface area contributed by atoms with Crippen LogP contribution in [0.25, 0.3) is 0 Å². The van der Waals surface area contributed by atoms with Crippen LogP contribution in [-0.2, 0) is 14.6 Å². The lowest BCUT2D eigenvalue weighted by Gasteiger charge is -2.10. The van der Waals surface area contributed by atoms with Crippen LogP contribution >= 0.6 is 0 Å². The molecule has 1 fully saturated rings. The Bertz CT molecular complexity index is 341. The first-order valence-electron chi connectivity index (χ1n) is 6.24. The minimum Gasteiger partial charge on any atom is -0.356 e. The van der Waals surface area contributed by atoms with E-state index in [4.69, 9.17) is 0 Å². The molecule has 6 heteroatoms. The molecule has 1 aliphatic heterocycles. The number of unbranched alkanes of at least 4 members (excludes halogenated alkanes) is 1. The van der Waals surface area contributed by atoms with Crippen molar-refractivity contribution in [2.75, 3.05) is 24.6 Å². The lowest BCUT2D eigenvalue weighted by atomic mass is 10.2. The predicted molar refractivity (Wildman–Crippen MR) is 67.6 cm³/mol. The van der Waals surface area contributed by atoms with E-state index >= 15 is 0 Å². The minimum atomic E-state index is -2.83. The zero-order valence-electron chi connectivity index (χ0n) is 10.4. The Morgan fingerprint density at radius 2 is 2.12 bits per heavy atom. The van der Waals surface area contributed by atoms with E-state index in [1.165, 1.54) is 0 Å². The third kappa shape index (κ3) is 6.02. The Balaban J connectivity index is 2.06. The van der Waals surface area contributed by atoms with Gasteiger partial charge in [-0.05, 0) is 12.8 Å². The van der Waals surface area contributed by atoms with Gasteiger partial charge in [0, 0.05) is 25.6 Å². The first-order valence-corrected chi connectivity index (χ1v) is 8.06. The maximum atomic E-state index is 11.3. The van der Waals surface area contributed by atoms with Crippen molar-refractivity contribution in [2.24, 2.45) is 0 Å². The summed E-state index contributed by atoms with van der Waals surface area (Å²) in [5, 5.41) is 5.95. The fourth-order valence-electron chi connectivity index (χ4n) is 1.84. The summed E-state index contributed by atoms with van der Waals surface area (Å²) in [6.45, 7) is 3.36. The molecule has 0 saturated carbocycles. The summed E-state index contributed by atoms with van der Waals surface area (Å²) in [5.41, 5.74) is 0. The summed E-state index contributed by atoms with van der Waals surface area (Å²) in [4.78, 5) is 11.3. The summed E-state index contributed by atoms with van der Waals surface area (Å²) >= 11 is 0. The molecule has 1 unspecified atom stereocenters. The maximum Gasteiger partial charge on any atom is 0.221 e. The van der Waals surface area contributed by atoms with Crippen LogP contribution in [0.1, 0.15) is 32.6 Å². The highest BCUT2D eigenvalue weighted by atomic mass is 32.2. The number of hydrogen-bond acceptors (Lipinski definition) is 4. The molecule has 0 aromatic heterocycles. The monoisotopic (exact) mass is 262 g/mol. The Labute approximate surface area is 103 Å². The lowest BCUT2D eigenvalue weighted by Crippen LogP contribution is -2.34. The van der Waals surface area contributed by atoms with Crippen LogP contribution in [-0.4, -0.2) is 45.0 Å². The van der Waals surface area contributed by atoms with E-state index in [9.17, 15) is 13.2 Å². The zero-order valence-corrected chi connectivity index (χ0v) is 11.2. The second-order valence-corrected chi connectivity index (χ2v) is 6.74. The van der Waals surface area contributed by atoms with Gasteiger partial charge in [-0.25, -0.2) is 8.42 Å². The van der Waals surface area contributed by atoms with Crippen LogP contribution in [0.5, 0.6) is 0 Å². The molecule has 1 heterocycles. The molecule has 2 N–H and O–H groups in total. The zero-order chi connectivity index (χ0) is 12.7. The molecule has 0 radical (unpaired) electrons. The van der Waals surface area contributed by atoms with Gasteiger partial charge in [-0.3, -0.25) is 4.79 Å². The van der Waals surface area contributed by atoms with Crippen molar-refractivity contribution in [3.8, 4) is 0 Å². The highest BCUT2D eigenvalue weighted by Crippen LogP contribution is 2.10. The fraction of sp³-hybridized carbons (Fsp3) is 0.909. The van der Waals surface area contributed by atoms with Gasteiger partial charge >= 0.3 is 0 Å². The Morgan fingerprint density at radius 3 is 2.71 bits per heavy atom. The van der Waals surface area contributed by atoms with Gasteiger partial charge in [-0.2, -0.15) is 0 Å². The van der Waals surface area contributed by atoms with Crippen molar-refractivity contribution in [2.45, 2.75) is 38.6 Å². The molecule has 0 aromatic rings. The third-order valence-corrected chi connectivity index (χ3v) is 4.64.